The summed E-state index contributed by atoms with van der Waals surface area (Å²) in [6, 6.07) is 10.0. The van der Waals surface area contributed by atoms with Crippen LogP contribution in [0.1, 0.15) is 12.0 Å². The van der Waals surface area contributed by atoms with Crippen LogP contribution in [0.4, 0.5) is 4.79 Å². The minimum atomic E-state index is -3.15. The summed E-state index contributed by atoms with van der Waals surface area (Å²) in [5.41, 5.74) is 1.26. The number of hydrogen-bond donors (Lipinski definition) is 1. The molecule has 0 atom stereocenters. The van der Waals surface area contributed by atoms with Gasteiger partial charge in [0.1, 0.15) is 0 Å². The van der Waals surface area contributed by atoms with E-state index in [9.17, 15) is 13.2 Å². The fourth-order valence-corrected chi connectivity index (χ4v) is 3.29. The minimum Gasteiger partial charge on any atom is -0.338 e. The van der Waals surface area contributed by atoms with Gasteiger partial charge < -0.3 is 10.2 Å². The molecule has 0 bridgehead atoms. The number of aryl methyl sites for hydroxylation is 1. The Hall–Kier alpha value is -1.60. The van der Waals surface area contributed by atoms with Gasteiger partial charge >= 0.3 is 6.03 Å². The van der Waals surface area contributed by atoms with Crippen LogP contribution in [-0.2, 0) is 16.4 Å². The first kappa shape index (κ1) is 16.8. The van der Waals surface area contributed by atoms with E-state index in [1.807, 2.05) is 18.2 Å². The number of nitrogens with zero attached hydrogens (tertiary/aromatic N) is 2. The highest BCUT2D eigenvalue weighted by atomic mass is 32.2. The van der Waals surface area contributed by atoms with Crippen LogP contribution < -0.4 is 5.32 Å². The SMILES string of the molecule is CS(=O)(=O)N1CCN(C(=O)NCCCc2ccccc2)CC1. The van der Waals surface area contributed by atoms with E-state index in [2.05, 4.69) is 17.4 Å². The highest BCUT2D eigenvalue weighted by Crippen LogP contribution is 2.06. The summed E-state index contributed by atoms with van der Waals surface area (Å²) in [7, 11) is -3.15. The van der Waals surface area contributed by atoms with E-state index >= 15 is 0 Å². The zero-order valence-corrected chi connectivity index (χ0v) is 13.7. The third kappa shape index (κ3) is 4.99. The third-order valence-electron chi connectivity index (χ3n) is 3.76. The van der Waals surface area contributed by atoms with Crippen LogP contribution in [0.25, 0.3) is 0 Å². The zero-order chi connectivity index (χ0) is 16.0. The quantitative estimate of drug-likeness (QED) is 0.818. The molecule has 1 aromatic rings. The zero-order valence-electron chi connectivity index (χ0n) is 12.9. The molecule has 0 aromatic heterocycles. The highest BCUT2D eigenvalue weighted by Gasteiger charge is 2.25. The molecule has 1 fully saturated rings. The Balaban J connectivity index is 1.66. The van der Waals surface area contributed by atoms with Crippen molar-refractivity contribution < 1.29 is 13.2 Å². The van der Waals surface area contributed by atoms with Gasteiger partial charge in [0.25, 0.3) is 0 Å². The number of benzene rings is 1. The predicted octanol–water partition coefficient (Wildman–Crippen LogP) is 0.906. The Bertz CT molecular complexity index is 581. The van der Waals surface area contributed by atoms with Crippen molar-refractivity contribution >= 4 is 16.1 Å². The molecule has 122 valence electrons. The fraction of sp³-hybridized carbons (Fsp3) is 0.533. The predicted molar refractivity (Wildman–Crippen MR) is 86.2 cm³/mol. The van der Waals surface area contributed by atoms with Gasteiger partial charge in [-0.3, -0.25) is 0 Å². The number of rotatable bonds is 5. The van der Waals surface area contributed by atoms with Crippen molar-refractivity contribution in [2.45, 2.75) is 12.8 Å². The van der Waals surface area contributed by atoms with Gasteiger partial charge in [-0.15, -0.1) is 0 Å². The van der Waals surface area contributed by atoms with Gasteiger partial charge in [-0.05, 0) is 18.4 Å². The Labute approximate surface area is 132 Å². The minimum absolute atomic E-state index is 0.110. The van der Waals surface area contributed by atoms with Crippen LogP contribution in [0.15, 0.2) is 30.3 Å². The lowest BCUT2D eigenvalue weighted by molar-refractivity contribution is 0.172. The molecule has 1 aliphatic rings. The van der Waals surface area contributed by atoms with Crippen molar-refractivity contribution in [2.24, 2.45) is 0 Å². The largest absolute Gasteiger partial charge is 0.338 e. The number of urea groups is 1. The molecule has 6 nitrogen and oxygen atoms in total. The fourth-order valence-electron chi connectivity index (χ4n) is 2.47. The van der Waals surface area contributed by atoms with Crippen molar-refractivity contribution in [3.63, 3.8) is 0 Å². The maximum absolute atomic E-state index is 12.0. The summed E-state index contributed by atoms with van der Waals surface area (Å²) < 4.78 is 24.2. The molecule has 7 heteroatoms. The number of nitrogens with one attached hydrogen (secondary N) is 1. The lowest BCUT2D eigenvalue weighted by atomic mass is 10.1. The normalized spacial score (nSPS) is 16.5. The van der Waals surface area contributed by atoms with Crippen LogP contribution in [0.3, 0.4) is 0 Å². The number of carbonyl (C=O) groups is 1. The van der Waals surface area contributed by atoms with Crippen LogP contribution in [0, 0.1) is 0 Å². The summed E-state index contributed by atoms with van der Waals surface area (Å²) in [6.45, 7) is 2.25. The van der Waals surface area contributed by atoms with Crippen LogP contribution in [-0.4, -0.2) is 62.6 Å². The first-order chi connectivity index (χ1) is 10.5. The van der Waals surface area contributed by atoms with E-state index in [0.717, 1.165) is 12.8 Å². The lowest BCUT2D eigenvalue weighted by Gasteiger charge is -2.33. The molecule has 1 heterocycles. The molecule has 1 saturated heterocycles. The highest BCUT2D eigenvalue weighted by molar-refractivity contribution is 7.88. The molecule has 1 aliphatic heterocycles. The molecule has 22 heavy (non-hydrogen) atoms. The first-order valence-electron chi connectivity index (χ1n) is 7.48. The van der Waals surface area contributed by atoms with E-state index in [1.165, 1.54) is 16.1 Å². The van der Waals surface area contributed by atoms with Crippen molar-refractivity contribution in [1.29, 1.82) is 0 Å². The second-order valence-corrected chi connectivity index (χ2v) is 7.45. The van der Waals surface area contributed by atoms with Gasteiger partial charge in [0.2, 0.25) is 10.0 Å². The Kier molecular flexibility index (Phi) is 5.79. The molecule has 2 amide bonds. The van der Waals surface area contributed by atoms with Gasteiger partial charge in [-0.25, -0.2) is 13.2 Å². The van der Waals surface area contributed by atoms with Crippen LogP contribution >= 0.6 is 0 Å². The van der Waals surface area contributed by atoms with Gasteiger partial charge in [0.15, 0.2) is 0 Å². The van der Waals surface area contributed by atoms with E-state index in [0.29, 0.717) is 32.7 Å². The summed E-state index contributed by atoms with van der Waals surface area (Å²) >= 11 is 0. The van der Waals surface area contributed by atoms with Crippen molar-refractivity contribution in [3.05, 3.63) is 35.9 Å². The monoisotopic (exact) mass is 325 g/mol. The average Bonchev–Trinajstić information content (AvgIpc) is 2.52. The number of carbonyl (C=O) groups excluding carboxylic acids is 1. The Morgan fingerprint density at radius 1 is 1.14 bits per heavy atom. The van der Waals surface area contributed by atoms with E-state index in [4.69, 9.17) is 0 Å². The maximum Gasteiger partial charge on any atom is 0.317 e. The van der Waals surface area contributed by atoms with Gasteiger partial charge in [0, 0.05) is 32.7 Å². The van der Waals surface area contributed by atoms with E-state index < -0.39 is 10.0 Å². The van der Waals surface area contributed by atoms with Gasteiger partial charge in [-0.2, -0.15) is 4.31 Å². The molecule has 0 radical (unpaired) electrons. The topological polar surface area (TPSA) is 69.7 Å². The van der Waals surface area contributed by atoms with Crippen molar-refractivity contribution in [2.75, 3.05) is 39.0 Å². The summed E-state index contributed by atoms with van der Waals surface area (Å²) in [5, 5.41) is 2.90. The van der Waals surface area contributed by atoms with Gasteiger partial charge in [-0.1, -0.05) is 30.3 Å². The van der Waals surface area contributed by atoms with E-state index in [1.54, 1.807) is 4.90 Å². The number of sulfonamides is 1. The molecule has 0 aliphatic carbocycles. The summed E-state index contributed by atoms with van der Waals surface area (Å²) in [5.74, 6) is 0. The molecular weight excluding hydrogens is 302 g/mol. The number of amides is 2. The van der Waals surface area contributed by atoms with Crippen molar-refractivity contribution in [3.8, 4) is 0 Å². The second kappa shape index (κ2) is 7.60. The standard InChI is InChI=1S/C15H23N3O3S/c1-22(20,21)18-12-10-17(11-13-18)15(19)16-9-5-8-14-6-3-2-4-7-14/h2-4,6-7H,5,8-13H2,1H3,(H,16,19). The average molecular weight is 325 g/mol. The summed E-state index contributed by atoms with van der Waals surface area (Å²) in [4.78, 5) is 13.7. The lowest BCUT2D eigenvalue weighted by Crippen LogP contribution is -2.53. The molecule has 0 saturated carbocycles. The van der Waals surface area contributed by atoms with Crippen LogP contribution in [0.2, 0.25) is 0 Å². The maximum atomic E-state index is 12.0. The molecular formula is C15H23N3O3S. The smallest absolute Gasteiger partial charge is 0.317 e. The molecule has 1 N–H and O–H groups in total. The second-order valence-electron chi connectivity index (χ2n) is 5.47. The van der Waals surface area contributed by atoms with Gasteiger partial charge in [0.05, 0.1) is 6.26 Å². The number of hydrogen-bond acceptors (Lipinski definition) is 3. The Morgan fingerprint density at radius 2 is 1.77 bits per heavy atom. The molecule has 1 aromatic carbocycles. The number of piperazine rings is 1. The van der Waals surface area contributed by atoms with Crippen molar-refractivity contribution in [1.82, 2.24) is 14.5 Å². The molecule has 2 rings (SSSR count). The van der Waals surface area contributed by atoms with E-state index in [-0.39, 0.29) is 6.03 Å². The molecule has 0 unspecified atom stereocenters. The summed E-state index contributed by atoms with van der Waals surface area (Å²) in [6.07, 6.45) is 3.02. The third-order valence-corrected chi connectivity index (χ3v) is 5.06. The Morgan fingerprint density at radius 3 is 2.36 bits per heavy atom. The first-order valence-corrected chi connectivity index (χ1v) is 9.33. The van der Waals surface area contributed by atoms with Crippen LogP contribution in [0.5, 0.6) is 0 Å². The molecule has 0 spiro atoms.